The number of aromatic carboxylic acids is 1. The lowest BCUT2D eigenvalue weighted by Gasteiger charge is -2.12. The number of benzene rings is 3. The summed E-state index contributed by atoms with van der Waals surface area (Å²) in [5.41, 5.74) is 1.55. The normalized spacial score (nSPS) is 11.0. The van der Waals surface area contributed by atoms with Gasteiger partial charge >= 0.3 is 12.6 Å². The molecule has 5 aromatic rings. The number of pyridine rings is 1. The molecular formula is C33H30F5N3O4. The molecule has 0 unspecified atom stereocenters. The van der Waals surface area contributed by atoms with Gasteiger partial charge in [-0.25, -0.2) is 27.9 Å². The number of alkyl halides is 2. The first kappa shape index (κ1) is 33.1. The maximum absolute atomic E-state index is 15.4. The number of imidazole rings is 1. The Morgan fingerprint density at radius 2 is 1.67 bits per heavy atom. The molecule has 5 rings (SSSR count). The van der Waals surface area contributed by atoms with Crippen molar-refractivity contribution in [3.8, 4) is 17.1 Å². The fraction of sp³-hybridized carbons (Fsp3) is 0.242. The highest BCUT2D eigenvalue weighted by Crippen LogP contribution is 2.28. The zero-order valence-electron chi connectivity index (χ0n) is 24.7. The number of rotatable bonds is 11. The molecule has 0 spiro atoms. The van der Waals surface area contributed by atoms with Crippen molar-refractivity contribution in [1.29, 1.82) is 0 Å². The summed E-state index contributed by atoms with van der Waals surface area (Å²) >= 11 is 0. The zero-order chi connectivity index (χ0) is 32.7. The monoisotopic (exact) mass is 627 g/mol. The second kappa shape index (κ2) is 14.8. The number of aryl methyl sites for hydroxylation is 1. The van der Waals surface area contributed by atoms with Crippen molar-refractivity contribution in [1.82, 2.24) is 14.5 Å². The Kier molecular flexibility index (Phi) is 10.8. The fourth-order valence-corrected chi connectivity index (χ4v) is 4.58. The molecule has 0 fully saturated rings. The van der Waals surface area contributed by atoms with Gasteiger partial charge in [0.2, 0.25) is 5.88 Å². The second-order valence-corrected chi connectivity index (χ2v) is 9.66. The van der Waals surface area contributed by atoms with Crippen molar-refractivity contribution in [2.24, 2.45) is 0 Å². The van der Waals surface area contributed by atoms with E-state index >= 15 is 8.78 Å². The predicted octanol–water partition coefficient (Wildman–Crippen LogP) is 7.96. The smallest absolute Gasteiger partial charge is 0.345 e. The third-order valence-electron chi connectivity index (χ3n) is 6.70. The van der Waals surface area contributed by atoms with Gasteiger partial charge in [-0.2, -0.15) is 8.78 Å². The highest BCUT2D eigenvalue weighted by Gasteiger charge is 2.19. The number of fused-ring (bicyclic) bond motifs is 1. The van der Waals surface area contributed by atoms with E-state index < -0.39 is 36.6 Å². The summed E-state index contributed by atoms with van der Waals surface area (Å²) in [5, 5.41) is 9.36. The van der Waals surface area contributed by atoms with E-state index in [9.17, 15) is 23.1 Å². The largest absolute Gasteiger partial charge is 0.478 e. The Morgan fingerprint density at radius 3 is 2.38 bits per heavy atom. The molecule has 3 aromatic carbocycles. The lowest BCUT2D eigenvalue weighted by atomic mass is 10.0. The van der Waals surface area contributed by atoms with Crippen LogP contribution in [0.4, 0.5) is 22.0 Å². The molecule has 2 heterocycles. The molecule has 0 amide bonds. The van der Waals surface area contributed by atoms with Crippen LogP contribution in [0.3, 0.4) is 0 Å². The molecule has 2 aromatic heterocycles. The molecule has 0 saturated heterocycles. The predicted molar refractivity (Wildman–Crippen MR) is 158 cm³/mol. The average Bonchev–Trinajstić information content (AvgIpc) is 3.35. The van der Waals surface area contributed by atoms with Gasteiger partial charge in [0, 0.05) is 30.2 Å². The average molecular weight is 628 g/mol. The summed E-state index contributed by atoms with van der Waals surface area (Å²) in [6.45, 7) is 2.06. The van der Waals surface area contributed by atoms with E-state index in [1.165, 1.54) is 41.0 Å². The molecular weight excluding hydrogens is 597 g/mol. The van der Waals surface area contributed by atoms with Crippen molar-refractivity contribution in [3.63, 3.8) is 0 Å². The highest BCUT2D eigenvalue weighted by molar-refractivity contribution is 5.92. The minimum absolute atomic E-state index is 0.0562. The van der Waals surface area contributed by atoms with Crippen LogP contribution in [-0.2, 0) is 24.3 Å². The summed E-state index contributed by atoms with van der Waals surface area (Å²) in [6.07, 6.45) is -0.229. The van der Waals surface area contributed by atoms with Crippen LogP contribution in [0.15, 0.2) is 66.7 Å². The Bertz CT molecular complexity index is 1810. The van der Waals surface area contributed by atoms with E-state index in [1.807, 2.05) is 13.8 Å². The molecule has 12 heteroatoms. The third kappa shape index (κ3) is 8.01. The van der Waals surface area contributed by atoms with Crippen LogP contribution in [-0.4, -0.2) is 38.8 Å². The van der Waals surface area contributed by atoms with Crippen LogP contribution in [0.1, 0.15) is 46.7 Å². The number of nitrogens with zero attached hydrogens (tertiary/aromatic N) is 3. The van der Waals surface area contributed by atoms with Gasteiger partial charge in [0.05, 0.1) is 28.9 Å². The topological polar surface area (TPSA) is 86.5 Å². The molecule has 1 N–H and O–H groups in total. The Morgan fingerprint density at radius 1 is 0.911 bits per heavy atom. The van der Waals surface area contributed by atoms with E-state index in [4.69, 9.17) is 4.74 Å². The van der Waals surface area contributed by atoms with Crippen molar-refractivity contribution >= 4 is 17.0 Å². The van der Waals surface area contributed by atoms with Gasteiger partial charge in [0.1, 0.15) is 29.9 Å². The lowest BCUT2D eigenvalue weighted by molar-refractivity contribution is -0.130. The third-order valence-corrected chi connectivity index (χ3v) is 6.70. The van der Waals surface area contributed by atoms with Gasteiger partial charge in [0.15, 0.2) is 0 Å². The molecule has 0 atom stereocenters. The zero-order valence-corrected chi connectivity index (χ0v) is 24.7. The first-order valence-electron chi connectivity index (χ1n) is 14.0. The summed E-state index contributed by atoms with van der Waals surface area (Å²) in [4.78, 5) is 20.1. The van der Waals surface area contributed by atoms with E-state index in [0.717, 1.165) is 17.7 Å². The van der Waals surface area contributed by atoms with E-state index in [-0.39, 0.29) is 53.7 Å². The van der Waals surface area contributed by atoms with Crippen LogP contribution >= 0.6 is 0 Å². The number of ether oxygens (including phenoxy) is 2. The number of hydrogen-bond donors (Lipinski definition) is 1. The molecule has 7 nitrogen and oxygen atoms in total. The minimum atomic E-state index is -3.02. The maximum atomic E-state index is 15.4. The van der Waals surface area contributed by atoms with Crippen molar-refractivity contribution in [2.75, 3.05) is 6.61 Å². The first-order chi connectivity index (χ1) is 21.6. The molecule has 0 aliphatic rings. The van der Waals surface area contributed by atoms with Crippen LogP contribution in [0, 0.1) is 24.4 Å². The lowest BCUT2D eigenvalue weighted by Crippen LogP contribution is -2.12. The van der Waals surface area contributed by atoms with Gasteiger partial charge in [-0.05, 0) is 60.5 Å². The van der Waals surface area contributed by atoms with Gasteiger partial charge in [-0.3, -0.25) is 0 Å². The molecule has 0 aliphatic carbocycles. The Hall–Kier alpha value is -4.84. The quantitative estimate of drug-likeness (QED) is 0.150. The molecule has 236 valence electrons. The van der Waals surface area contributed by atoms with E-state index in [1.54, 1.807) is 25.1 Å². The number of carboxylic acids is 1. The maximum Gasteiger partial charge on any atom is 0.345 e. The summed E-state index contributed by atoms with van der Waals surface area (Å²) < 4.78 is 81.4. The van der Waals surface area contributed by atoms with Gasteiger partial charge in [0.25, 0.3) is 0 Å². The number of carboxylic acid groups (broad SMARTS) is 1. The van der Waals surface area contributed by atoms with Gasteiger partial charge in [-0.1, -0.05) is 32.0 Å². The van der Waals surface area contributed by atoms with Crippen molar-refractivity contribution < 1.29 is 41.3 Å². The number of aromatic nitrogens is 3. The molecule has 0 radical (unpaired) electrons. The van der Waals surface area contributed by atoms with Crippen LogP contribution in [0.25, 0.3) is 22.3 Å². The summed E-state index contributed by atoms with van der Waals surface area (Å²) in [5.74, 6) is -2.92. The molecule has 0 bridgehead atoms. The molecule has 0 aliphatic heterocycles. The molecule has 45 heavy (non-hydrogen) atoms. The summed E-state index contributed by atoms with van der Waals surface area (Å²) in [6, 6.07) is 15.3. The van der Waals surface area contributed by atoms with Gasteiger partial charge < -0.3 is 19.1 Å². The van der Waals surface area contributed by atoms with Crippen LogP contribution in [0.5, 0.6) is 5.88 Å². The SMILES string of the molecule is CC.Cc1ccc(COc2cccc(-c3cc(F)c(Cc4nc5ccc(C(=O)O)cc5n4CCOC(F)F)cc3F)n2)c(F)c1. The van der Waals surface area contributed by atoms with E-state index in [2.05, 4.69) is 14.7 Å². The Balaban J connectivity index is 0.00000226. The number of hydrogen-bond acceptors (Lipinski definition) is 5. The highest BCUT2D eigenvalue weighted by atomic mass is 19.3. The first-order valence-corrected chi connectivity index (χ1v) is 14.0. The Labute approximate surface area is 255 Å². The summed E-state index contributed by atoms with van der Waals surface area (Å²) in [7, 11) is 0. The fourth-order valence-electron chi connectivity index (χ4n) is 4.58. The second-order valence-electron chi connectivity index (χ2n) is 9.66. The van der Waals surface area contributed by atoms with Gasteiger partial charge in [-0.15, -0.1) is 0 Å². The standard InChI is InChI=1S/C31H24F5N3O4.C2H6/c1-17-5-6-19(22(32)11-17)16-43-29-4-2-3-25(38-29)21-15-23(33)20(12-24(21)34)14-28-37-26-8-7-18(30(40)41)13-27(26)39(28)9-10-42-31(35)36;1-2/h2-8,11-13,15,31H,9-10,14,16H2,1H3,(H,40,41);1-2H3. The van der Waals surface area contributed by atoms with Crippen molar-refractivity contribution in [3.05, 3.63) is 112 Å². The van der Waals surface area contributed by atoms with Crippen LogP contribution < -0.4 is 4.74 Å². The minimum Gasteiger partial charge on any atom is -0.478 e. The molecule has 0 saturated carbocycles. The van der Waals surface area contributed by atoms with Crippen molar-refractivity contribution in [2.45, 2.75) is 47.0 Å². The number of carbonyl (C=O) groups is 1. The number of halogens is 5. The van der Waals surface area contributed by atoms with Crippen LogP contribution in [0.2, 0.25) is 0 Å². The van der Waals surface area contributed by atoms with E-state index in [0.29, 0.717) is 16.6 Å².